The van der Waals surface area contributed by atoms with Gasteiger partial charge >= 0.3 is 0 Å². The van der Waals surface area contributed by atoms with Gasteiger partial charge in [0.2, 0.25) is 0 Å². The molecule has 1 atom stereocenters. The second kappa shape index (κ2) is 10.1. The summed E-state index contributed by atoms with van der Waals surface area (Å²) in [5, 5.41) is 3.54. The SMILES string of the molecule is CC1C=Cc2c(oc3cc(-c4nc(-c5ccccc5)nc(-c5ccccc5-n5c6ccccc6c6ccccc65)n4)ccc23)C1. The summed E-state index contributed by atoms with van der Waals surface area (Å²) in [6, 6.07) is 41.9. The molecule has 3 heterocycles. The Kier molecular flexibility index (Phi) is 5.78. The van der Waals surface area contributed by atoms with E-state index in [0.717, 1.165) is 56.6 Å². The van der Waals surface area contributed by atoms with Crippen molar-refractivity contribution in [3.05, 3.63) is 139 Å². The van der Waals surface area contributed by atoms with E-state index < -0.39 is 0 Å². The van der Waals surface area contributed by atoms with Gasteiger partial charge in [0.05, 0.1) is 16.7 Å². The third-order valence-electron chi connectivity index (χ3n) is 8.80. The molecule has 0 saturated heterocycles. The molecule has 0 N–H and O–H groups in total. The fraction of sp³-hybridized carbons (Fsp3) is 0.0750. The number of para-hydroxylation sites is 3. The van der Waals surface area contributed by atoms with Crippen LogP contribution >= 0.6 is 0 Å². The van der Waals surface area contributed by atoms with Crippen molar-refractivity contribution in [3.63, 3.8) is 0 Å². The number of fused-ring (bicyclic) bond motifs is 6. The zero-order valence-electron chi connectivity index (χ0n) is 24.7. The summed E-state index contributed by atoms with van der Waals surface area (Å²) in [5.41, 5.74) is 8.07. The smallest absolute Gasteiger partial charge is 0.166 e. The molecule has 8 aromatic rings. The lowest BCUT2D eigenvalue weighted by molar-refractivity contribution is 0.513. The van der Waals surface area contributed by atoms with E-state index in [1.54, 1.807) is 0 Å². The van der Waals surface area contributed by atoms with Gasteiger partial charge < -0.3 is 8.98 Å². The predicted octanol–water partition coefficient (Wildman–Crippen LogP) is 9.92. The molecule has 0 amide bonds. The van der Waals surface area contributed by atoms with Crippen LogP contribution in [-0.4, -0.2) is 19.5 Å². The monoisotopic (exact) mass is 580 g/mol. The van der Waals surface area contributed by atoms with E-state index in [0.29, 0.717) is 23.4 Å². The van der Waals surface area contributed by atoms with Crippen LogP contribution in [0.15, 0.2) is 132 Å². The largest absolute Gasteiger partial charge is 0.460 e. The van der Waals surface area contributed by atoms with Crippen LogP contribution in [0.1, 0.15) is 18.2 Å². The molecule has 0 bridgehead atoms. The summed E-state index contributed by atoms with van der Waals surface area (Å²) in [6.07, 6.45) is 5.35. The lowest BCUT2D eigenvalue weighted by atomic mass is 9.95. The molecular formula is C40H28N4O. The molecule has 5 heteroatoms. The fourth-order valence-corrected chi connectivity index (χ4v) is 6.64. The van der Waals surface area contributed by atoms with Crippen LogP contribution in [-0.2, 0) is 6.42 Å². The van der Waals surface area contributed by atoms with Crippen LogP contribution in [0.3, 0.4) is 0 Å². The molecule has 0 fully saturated rings. The number of furan rings is 1. The molecule has 9 rings (SSSR count). The molecular weight excluding hydrogens is 552 g/mol. The van der Waals surface area contributed by atoms with E-state index in [1.165, 1.54) is 16.3 Å². The molecule has 3 aromatic heterocycles. The minimum atomic E-state index is 0.464. The Morgan fingerprint density at radius 3 is 2.04 bits per heavy atom. The zero-order valence-corrected chi connectivity index (χ0v) is 24.7. The molecule has 214 valence electrons. The highest BCUT2D eigenvalue weighted by Crippen LogP contribution is 2.37. The van der Waals surface area contributed by atoms with Gasteiger partial charge in [-0.1, -0.05) is 104 Å². The first-order chi connectivity index (χ1) is 22.2. The maximum atomic E-state index is 6.38. The van der Waals surface area contributed by atoms with Gasteiger partial charge in [0.1, 0.15) is 11.3 Å². The van der Waals surface area contributed by atoms with E-state index >= 15 is 0 Å². The predicted molar refractivity (Wildman–Crippen MR) is 182 cm³/mol. The van der Waals surface area contributed by atoms with Crippen molar-refractivity contribution in [3.8, 4) is 39.9 Å². The minimum Gasteiger partial charge on any atom is -0.460 e. The summed E-state index contributed by atoms with van der Waals surface area (Å²) in [7, 11) is 0. The maximum Gasteiger partial charge on any atom is 0.166 e. The van der Waals surface area contributed by atoms with Gasteiger partial charge in [-0.15, -0.1) is 0 Å². The number of rotatable bonds is 4. The van der Waals surface area contributed by atoms with Crippen LogP contribution < -0.4 is 0 Å². The van der Waals surface area contributed by atoms with Gasteiger partial charge in [0.15, 0.2) is 17.5 Å². The second-order valence-electron chi connectivity index (χ2n) is 11.7. The molecule has 5 aromatic carbocycles. The summed E-state index contributed by atoms with van der Waals surface area (Å²) >= 11 is 0. The van der Waals surface area contributed by atoms with Crippen LogP contribution in [0.25, 0.3) is 78.7 Å². The molecule has 5 nitrogen and oxygen atoms in total. The van der Waals surface area contributed by atoms with Crippen molar-refractivity contribution < 1.29 is 4.42 Å². The first-order valence-electron chi connectivity index (χ1n) is 15.3. The Hall–Kier alpha value is -5.81. The first-order valence-corrected chi connectivity index (χ1v) is 15.3. The molecule has 1 aliphatic carbocycles. The van der Waals surface area contributed by atoms with Gasteiger partial charge in [-0.05, 0) is 42.3 Å². The average Bonchev–Trinajstić information content (AvgIpc) is 3.63. The number of allylic oxidation sites excluding steroid dienone is 1. The average molecular weight is 581 g/mol. The second-order valence-corrected chi connectivity index (χ2v) is 11.7. The minimum absolute atomic E-state index is 0.464. The van der Waals surface area contributed by atoms with E-state index in [4.69, 9.17) is 19.4 Å². The van der Waals surface area contributed by atoms with Crippen molar-refractivity contribution in [2.24, 2.45) is 5.92 Å². The molecule has 0 radical (unpaired) electrons. The summed E-state index contributed by atoms with van der Waals surface area (Å²) in [6.45, 7) is 2.21. The Morgan fingerprint density at radius 2 is 1.27 bits per heavy atom. The number of nitrogens with zero attached hydrogens (tertiary/aromatic N) is 4. The van der Waals surface area contributed by atoms with Crippen molar-refractivity contribution in [1.82, 2.24) is 19.5 Å². The summed E-state index contributed by atoms with van der Waals surface area (Å²) < 4.78 is 8.70. The number of hydrogen-bond acceptors (Lipinski definition) is 4. The third kappa shape index (κ3) is 4.20. The molecule has 0 spiro atoms. The van der Waals surface area contributed by atoms with Crippen molar-refractivity contribution in [1.29, 1.82) is 0 Å². The fourth-order valence-electron chi connectivity index (χ4n) is 6.64. The highest BCUT2D eigenvalue weighted by molar-refractivity contribution is 6.09. The van der Waals surface area contributed by atoms with Crippen LogP contribution in [0.5, 0.6) is 0 Å². The van der Waals surface area contributed by atoms with E-state index in [1.807, 2.05) is 36.4 Å². The van der Waals surface area contributed by atoms with Gasteiger partial charge in [-0.2, -0.15) is 0 Å². The first kappa shape index (κ1) is 25.7. The summed E-state index contributed by atoms with van der Waals surface area (Å²) in [4.78, 5) is 15.2. The highest BCUT2D eigenvalue weighted by atomic mass is 16.3. The third-order valence-corrected chi connectivity index (χ3v) is 8.80. The number of aromatic nitrogens is 4. The van der Waals surface area contributed by atoms with E-state index in [9.17, 15) is 0 Å². The Bertz CT molecular complexity index is 2380. The molecule has 1 unspecified atom stereocenters. The maximum absolute atomic E-state index is 6.38. The van der Waals surface area contributed by atoms with Gasteiger partial charge in [-0.25, -0.2) is 15.0 Å². The van der Waals surface area contributed by atoms with Gasteiger partial charge in [-0.3, -0.25) is 0 Å². The lowest BCUT2D eigenvalue weighted by Gasteiger charge is -2.14. The topological polar surface area (TPSA) is 56.7 Å². The number of benzene rings is 5. The molecule has 0 aliphatic heterocycles. The summed E-state index contributed by atoms with van der Waals surface area (Å²) in [5.74, 6) is 3.36. The van der Waals surface area contributed by atoms with E-state index in [2.05, 4.69) is 109 Å². The van der Waals surface area contributed by atoms with Crippen molar-refractivity contribution in [2.45, 2.75) is 13.3 Å². The lowest BCUT2D eigenvalue weighted by Crippen LogP contribution is -2.03. The van der Waals surface area contributed by atoms with Gasteiger partial charge in [0, 0.05) is 44.8 Å². The Balaban J connectivity index is 1.27. The van der Waals surface area contributed by atoms with E-state index in [-0.39, 0.29) is 0 Å². The van der Waals surface area contributed by atoms with Gasteiger partial charge in [0.25, 0.3) is 0 Å². The Labute approximate surface area is 260 Å². The highest BCUT2D eigenvalue weighted by Gasteiger charge is 2.21. The van der Waals surface area contributed by atoms with Crippen molar-refractivity contribution in [2.75, 3.05) is 0 Å². The Morgan fingerprint density at radius 1 is 0.622 bits per heavy atom. The van der Waals surface area contributed by atoms with Crippen molar-refractivity contribution >= 4 is 38.9 Å². The molecule has 0 saturated carbocycles. The molecule has 45 heavy (non-hydrogen) atoms. The van der Waals surface area contributed by atoms with Crippen LogP contribution in [0, 0.1) is 5.92 Å². The molecule has 1 aliphatic rings. The normalized spacial score (nSPS) is 14.4. The number of hydrogen-bond donors (Lipinski definition) is 0. The van der Waals surface area contributed by atoms with Crippen LogP contribution in [0.4, 0.5) is 0 Å². The standard InChI is InChI=1S/C40H28N4O/c1-25-19-21-30-31-22-20-27(24-37(31)45-36(30)23-25)39-41-38(26-11-3-2-4-12-26)42-40(43-39)32-15-7-10-18-35(32)44-33-16-8-5-13-28(33)29-14-6-9-17-34(29)44/h2-22,24-25H,23H2,1H3. The quantitative estimate of drug-likeness (QED) is 0.208. The van der Waals surface area contributed by atoms with Crippen LogP contribution in [0.2, 0.25) is 0 Å². The zero-order chi connectivity index (χ0) is 29.9.